The third-order valence-electron chi connectivity index (χ3n) is 5.04. The van der Waals surface area contributed by atoms with Gasteiger partial charge < -0.3 is 10.1 Å². The van der Waals surface area contributed by atoms with Gasteiger partial charge in [-0.3, -0.25) is 19.3 Å². The van der Waals surface area contributed by atoms with Crippen LogP contribution in [0.4, 0.5) is 4.39 Å². The molecular weight excluding hydrogens is 363 g/mol. The van der Waals surface area contributed by atoms with Crippen LogP contribution in [0.1, 0.15) is 49.5 Å². The Morgan fingerprint density at radius 2 is 1.93 bits per heavy atom. The summed E-state index contributed by atoms with van der Waals surface area (Å²) in [4.78, 5) is 38.8. The van der Waals surface area contributed by atoms with Gasteiger partial charge in [-0.15, -0.1) is 0 Å². The first kappa shape index (κ1) is 18.3. The fourth-order valence-electron chi connectivity index (χ4n) is 3.51. The second-order valence-electron chi connectivity index (χ2n) is 6.89. The van der Waals surface area contributed by atoms with Crippen molar-refractivity contribution in [2.45, 2.75) is 25.5 Å². The number of hydrogen-bond acceptors (Lipinski definition) is 4. The summed E-state index contributed by atoms with van der Waals surface area (Å²) in [6.45, 7) is 0.891. The number of carbonyl (C=O) groups excluding carboxylic acids is 3. The van der Waals surface area contributed by atoms with Gasteiger partial charge in [-0.05, 0) is 37.1 Å². The van der Waals surface area contributed by atoms with Gasteiger partial charge in [-0.1, -0.05) is 18.2 Å². The second kappa shape index (κ2) is 7.52. The molecule has 0 spiro atoms. The highest BCUT2D eigenvalue weighted by Crippen LogP contribution is 2.26. The number of nitrogens with one attached hydrogen (secondary N) is 1. The smallest absolute Gasteiger partial charge is 0.261 e. The molecule has 7 heteroatoms. The molecule has 1 atom stereocenters. The Hall–Kier alpha value is -3.06. The van der Waals surface area contributed by atoms with E-state index in [0.717, 1.165) is 12.8 Å². The van der Waals surface area contributed by atoms with E-state index >= 15 is 0 Å². The number of halogens is 1. The maximum Gasteiger partial charge on any atom is 0.261 e. The highest BCUT2D eigenvalue weighted by molar-refractivity contribution is 6.22. The molecule has 0 saturated carbocycles. The van der Waals surface area contributed by atoms with Crippen LogP contribution in [0.2, 0.25) is 0 Å². The van der Waals surface area contributed by atoms with Gasteiger partial charge in [-0.25, -0.2) is 4.39 Å². The van der Waals surface area contributed by atoms with Crippen LogP contribution < -0.4 is 5.32 Å². The number of imide groups is 1. The normalized spacial score (nSPS) is 18.5. The van der Waals surface area contributed by atoms with E-state index in [1.807, 2.05) is 0 Å². The first-order valence-electron chi connectivity index (χ1n) is 9.18. The van der Waals surface area contributed by atoms with Crippen molar-refractivity contribution < 1.29 is 23.5 Å². The molecule has 0 bridgehead atoms. The molecule has 2 aromatic rings. The van der Waals surface area contributed by atoms with Crippen molar-refractivity contribution in [1.82, 2.24) is 10.2 Å². The quantitative estimate of drug-likeness (QED) is 0.807. The lowest BCUT2D eigenvalue weighted by molar-refractivity contribution is 0.0475. The molecule has 1 saturated heterocycles. The zero-order valence-corrected chi connectivity index (χ0v) is 15.1. The third kappa shape index (κ3) is 3.41. The van der Waals surface area contributed by atoms with Gasteiger partial charge in [0, 0.05) is 24.3 Å². The van der Waals surface area contributed by atoms with Crippen LogP contribution in [-0.4, -0.2) is 41.9 Å². The minimum Gasteiger partial charge on any atom is -0.376 e. The van der Waals surface area contributed by atoms with Crippen molar-refractivity contribution in [3.8, 4) is 0 Å². The van der Waals surface area contributed by atoms with Gasteiger partial charge in [0.15, 0.2) is 0 Å². The van der Waals surface area contributed by atoms with Gasteiger partial charge in [0.25, 0.3) is 17.7 Å². The predicted molar refractivity (Wildman–Crippen MR) is 98.4 cm³/mol. The average Bonchev–Trinajstić information content (AvgIpc) is 3.30. The van der Waals surface area contributed by atoms with Crippen LogP contribution in [0.5, 0.6) is 0 Å². The van der Waals surface area contributed by atoms with Crippen molar-refractivity contribution in [2.75, 3.05) is 13.2 Å². The number of benzene rings is 2. The van der Waals surface area contributed by atoms with Gasteiger partial charge in [-0.2, -0.15) is 0 Å². The Morgan fingerprint density at radius 1 is 1.14 bits per heavy atom. The van der Waals surface area contributed by atoms with E-state index in [1.165, 1.54) is 29.2 Å². The average molecular weight is 382 g/mol. The predicted octanol–water partition coefficient (Wildman–Crippen LogP) is 2.53. The van der Waals surface area contributed by atoms with Crippen LogP contribution in [0.25, 0.3) is 0 Å². The Kier molecular flexibility index (Phi) is 4.92. The molecule has 0 unspecified atom stereocenters. The summed E-state index contributed by atoms with van der Waals surface area (Å²) in [5.74, 6) is -1.63. The first-order chi connectivity index (χ1) is 13.5. The molecule has 2 aliphatic heterocycles. The van der Waals surface area contributed by atoms with E-state index in [0.29, 0.717) is 12.2 Å². The molecule has 0 aromatic heterocycles. The summed E-state index contributed by atoms with van der Waals surface area (Å²) < 4.78 is 19.2. The Balaban J connectivity index is 1.48. The van der Waals surface area contributed by atoms with Crippen molar-refractivity contribution >= 4 is 17.7 Å². The van der Waals surface area contributed by atoms with E-state index in [-0.39, 0.29) is 41.8 Å². The summed E-state index contributed by atoms with van der Waals surface area (Å²) in [6, 6.07) is 10.6. The SMILES string of the molecule is O=C(NCc1ccccc1F)c1ccc2c(c1)C(=O)N(C[C@H]1CCCO1)C2=O. The number of nitrogens with zero attached hydrogens (tertiary/aromatic N) is 1. The number of rotatable bonds is 5. The molecule has 0 aliphatic carbocycles. The molecule has 2 aromatic carbocycles. The lowest BCUT2D eigenvalue weighted by atomic mass is 10.1. The molecule has 0 radical (unpaired) electrons. The largest absolute Gasteiger partial charge is 0.376 e. The third-order valence-corrected chi connectivity index (χ3v) is 5.04. The zero-order valence-electron chi connectivity index (χ0n) is 15.1. The highest BCUT2D eigenvalue weighted by Gasteiger charge is 2.37. The maximum absolute atomic E-state index is 13.7. The van der Waals surface area contributed by atoms with E-state index in [9.17, 15) is 18.8 Å². The van der Waals surface area contributed by atoms with Crippen molar-refractivity contribution in [1.29, 1.82) is 0 Å². The van der Waals surface area contributed by atoms with Crippen molar-refractivity contribution in [2.24, 2.45) is 0 Å². The van der Waals surface area contributed by atoms with Crippen LogP contribution in [0, 0.1) is 5.82 Å². The molecule has 144 valence electrons. The maximum atomic E-state index is 13.7. The van der Waals surface area contributed by atoms with Crippen LogP contribution in [0.3, 0.4) is 0 Å². The van der Waals surface area contributed by atoms with Crippen LogP contribution in [0.15, 0.2) is 42.5 Å². The topological polar surface area (TPSA) is 75.7 Å². The summed E-state index contributed by atoms with van der Waals surface area (Å²) in [6.07, 6.45) is 1.60. The van der Waals surface area contributed by atoms with E-state index in [2.05, 4.69) is 5.32 Å². The molecule has 4 rings (SSSR count). The lowest BCUT2D eigenvalue weighted by Gasteiger charge is -2.17. The molecule has 6 nitrogen and oxygen atoms in total. The van der Waals surface area contributed by atoms with E-state index in [4.69, 9.17) is 4.74 Å². The molecule has 1 fully saturated rings. The summed E-state index contributed by atoms with van der Waals surface area (Å²) >= 11 is 0. The molecule has 1 N–H and O–H groups in total. The second-order valence-corrected chi connectivity index (χ2v) is 6.89. The van der Waals surface area contributed by atoms with Gasteiger partial charge >= 0.3 is 0 Å². The molecule has 3 amide bonds. The molecule has 28 heavy (non-hydrogen) atoms. The number of carbonyl (C=O) groups is 3. The summed E-state index contributed by atoms with van der Waals surface area (Å²) in [7, 11) is 0. The van der Waals surface area contributed by atoms with E-state index < -0.39 is 17.6 Å². The van der Waals surface area contributed by atoms with Crippen LogP contribution in [-0.2, 0) is 11.3 Å². The zero-order chi connectivity index (χ0) is 19.7. The number of ether oxygens (including phenoxy) is 1. The number of amides is 3. The molecule has 2 aliphatic rings. The molecule has 2 heterocycles. The fourth-order valence-corrected chi connectivity index (χ4v) is 3.51. The summed E-state index contributed by atoms with van der Waals surface area (Å²) in [5, 5.41) is 2.63. The van der Waals surface area contributed by atoms with Crippen LogP contribution >= 0.6 is 0 Å². The lowest BCUT2D eigenvalue weighted by Crippen LogP contribution is -2.36. The Labute approximate surface area is 161 Å². The minimum atomic E-state index is -0.441. The fraction of sp³-hybridized carbons (Fsp3) is 0.286. The number of fused-ring (bicyclic) bond motifs is 1. The van der Waals surface area contributed by atoms with Crippen molar-refractivity contribution in [3.63, 3.8) is 0 Å². The standard InChI is InChI=1S/C21H19FN2O4/c22-18-6-2-1-4-14(18)11-23-19(25)13-7-8-16-17(10-13)21(27)24(20(16)26)12-15-5-3-9-28-15/h1-2,4,6-8,10,15H,3,5,9,11-12H2,(H,23,25)/t15-/m1/s1. The Morgan fingerprint density at radius 3 is 2.68 bits per heavy atom. The number of hydrogen-bond donors (Lipinski definition) is 1. The van der Waals surface area contributed by atoms with Crippen molar-refractivity contribution in [3.05, 3.63) is 70.5 Å². The highest BCUT2D eigenvalue weighted by atomic mass is 19.1. The van der Waals surface area contributed by atoms with E-state index in [1.54, 1.807) is 18.2 Å². The summed E-state index contributed by atoms with van der Waals surface area (Å²) in [5.41, 5.74) is 1.11. The molecular formula is C21H19FN2O4. The van der Waals surface area contributed by atoms with Gasteiger partial charge in [0.2, 0.25) is 0 Å². The van der Waals surface area contributed by atoms with Gasteiger partial charge in [0.05, 0.1) is 23.8 Å². The Bertz CT molecular complexity index is 953. The minimum absolute atomic E-state index is 0.0284. The monoisotopic (exact) mass is 382 g/mol. The first-order valence-corrected chi connectivity index (χ1v) is 9.18. The van der Waals surface area contributed by atoms with Gasteiger partial charge in [0.1, 0.15) is 5.82 Å².